The number of hydrogen-bond acceptors (Lipinski definition) is 6. The van der Waals surface area contributed by atoms with Gasteiger partial charge in [-0.05, 0) is 24.3 Å². The first-order valence-electron chi connectivity index (χ1n) is 7.79. The van der Waals surface area contributed by atoms with E-state index in [1.165, 1.54) is 35.6 Å². The van der Waals surface area contributed by atoms with Gasteiger partial charge in [0.1, 0.15) is 10.8 Å². The lowest BCUT2D eigenvalue weighted by Crippen LogP contribution is -2.26. The van der Waals surface area contributed by atoms with Crippen LogP contribution in [0.3, 0.4) is 0 Å². The van der Waals surface area contributed by atoms with Crippen LogP contribution in [0.25, 0.3) is 10.6 Å². The van der Waals surface area contributed by atoms with E-state index in [4.69, 9.17) is 0 Å². The number of benzene rings is 2. The Balaban J connectivity index is 1.61. The molecule has 1 heterocycles. The third-order valence-corrected chi connectivity index (χ3v) is 6.07. The van der Waals surface area contributed by atoms with Crippen molar-refractivity contribution in [2.24, 2.45) is 0 Å². The lowest BCUT2D eigenvalue weighted by molar-refractivity contribution is -0.384. The fourth-order valence-electron chi connectivity index (χ4n) is 2.32. The first-order valence-corrected chi connectivity index (χ1v) is 10.2. The van der Waals surface area contributed by atoms with E-state index in [9.17, 15) is 22.9 Å². The summed E-state index contributed by atoms with van der Waals surface area (Å²) in [5, 5.41) is 13.1. The van der Waals surface area contributed by atoms with Crippen LogP contribution in [0, 0.1) is 15.9 Å². The van der Waals surface area contributed by atoms with Crippen LogP contribution in [0.15, 0.2) is 58.8 Å². The lowest BCUT2D eigenvalue weighted by Gasteiger charge is -2.05. The highest BCUT2D eigenvalue weighted by molar-refractivity contribution is 7.89. The van der Waals surface area contributed by atoms with Crippen LogP contribution < -0.4 is 4.72 Å². The molecule has 0 amide bonds. The number of nitrogens with zero attached hydrogens (tertiary/aromatic N) is 2. The number of non-ortho nitro benzene ring substituents is 1. The molecule has 2 aromatic carbocycles. The van der Waals surface area contributed by atoms with Crippen LogP contribution in [0.1, 0.15) is 5.69 Å². The predicted molar refractivity (Wildman–Crippen MR) is 99.5 cm³/mol. The fraction of sp³-hybridized carbons (Fsp3) is 0.118. The third kappa shape index (κ3) is 4.73. The molecule has 0 atom stereocenters. The van der Waals surface area contributed by atoms with Gasteiger partial charge in [0, 0.05) is 36.0 Å². The summed E-state index contributed by atoms with van der Waals surface area (Å²) >= 11 is 1.35. The zero-order chi connectivity index (χ0) is 19.4. The first-order chi connectivity index (χ1) is 12.8. The average Bonchev–Trinajstić information content (AvgIpc) is 3.10. The molecule has 0 saturated heterocycles. The van der Waals surface area contributed by atoms with Gasteiger partial charge in [-0.3, -0.25) is 10.1 Å². The quantitative estimate of drug-likeness (QED) is 0.478. The number of nitrogens with one attached hydrogen (secondary N) is 1. The minimum atomic E-state index is -3.77. The molecule has 0 aliphatic rings. The van der Waals surface area contributed by atoms with E-state index in [0.29, 0.717) is 22.7 Å². The van der Waals surface area contributed by atoms with Gasteiger partial charge < -0.3 is 0 Å². The predicted octanol–water partition coefficient (Wildman–Crippen LogP) is 3.38. The van der Waals surface area contributed by atoms with Gasteiger partial charge in [-0.1, -0.05) is 12.1 Å². The van der Waals surface area contributed by atoms with Gasteiger partial charge in [0.2, 0.25) is 10.0 Å². The second kappa shape index (κ2) is 7.91. The zero-order valence-corrected chi connectivity index (χ0v) is 15.5. The van der Waals surface area contributed by atoms with Crippen LogP contribution in [0.5, 0.6) is 0 Å². The largest absolute Gasteiger partial charge is 0.269 e. The molecule has 0 aliphatic carbocycles. The highest BCUT2D eigenvalue weighted by atomic mass is 32.2. The van der Waals surface area contributed by atoms with Crippen molar-refractivity contribution >= 4 is 27.0 Å². The van der Waals surface area contributed by atoms with Crippen molar-refractivity contribution in [2.75, 3.05) is 6.54 Å². The molecule has 0 spiro atoms. The summed E-state index contributed by atoms with van der Waals surface area (Å²) in [5.74, 6) is -0.347. The number of aromatic nitrogens is 1. The molecule has 0 saturated carbocycles. The number of nitro groups is 1. The Kier molecular flexibility index (Phi) is 5.59. The average molecular weight is 407 g/mol. The van der Waals surface area contributed by atoms with E-state index in [0.717, 1.165) is 12.1 Å². The van der Waals surface area contributed by atoms with Crippen LogP contribution in [-0.2, 0) is 16.4 Å². The maximum atomic E-state index is 13.3. The van der Waals surface area contributed by atoms with Gasteiger partial charge in [-0.2, -0.15) is 0 Å². The minimum absolute atomic E-state index is 0.0492. The van der Waals surface area contributed by atoms with E-state index in [2.05, 4.69) is 9.71 Å². The molecule has 1 aromatic heterocycles. The summed E-state index contributed by atoms with van der Waals surface area (Å²) in [6.07, 6.45) is 0.359. The van der Waals surface area contributed by atoms with Crippen molar-refractivity contribution in [2.45, 2.75) is 11.3 Å². The van der Waals surface area contributed by atoms with Crippen molar-refractivity contribution < 1.29 is 17.7 Å². The summed E-state index contributed by atoms with van der Waals surface area (Å²) in [4.78, 5) is 14.4. The smallest absolute Gasteiger partial charge is 0.258 e. The van der Waals surface area contributed by atoms with Crippen molar-refractivity contribution in [3.63, 3.8) is 0 Å². The van der Waals surface area contributed by atoms with Gasteiger partial charge in [0.15, 0.2) is 0 Å². The maximum absolute atomic E-state index is 13.3. The Labute approximate surface area is 158 Å². The van der Waals surface area contributed by atoms with E-state index in [1.54, 1.807) is 17.5 Å². The normalized spacial score (nSPS) is 11.4. The number of hydrogen-bond donors (Lipinski definition) is 1. The molecule has 0 radical (unpaired) electrons. The molecular weight excluding hydrogens is 393 g/mol. The third-order valence-electron chi connectivity index (χ3n) is 3.65. The summed E-state index contributed by atoms with van der Waals surface area (Å²) < 4.78 is 40.2. The number of thiazole rings is 1. The van der Waals surface area contributed by atoms with Crippen LogP contribution in [0.4, 0.5) is 10.1 Å². The first kappa shape index (κ1) is 19.1. The second-order valence-electron chi connectivity index (χ2n) is 5.55. The number of sulfonamides is 1. The lowest BCUT2D eigenvalue weighted by atomic mass is 10.2. The van der Waals surface area contributed by atoms with Crippen LogP contribution in [-0.4, -0.2) is 24.9 Å². The number of nitro benzene ring substituents is 1. The summed E-state index contributed by atoms with van der Waals surface area (Å²) in [6, 6.07) is 10.7. The van der Waals surface area contributed by atoms with Crippen molar-refractivity contribution in [3.8, 4) is 10.6 Å². The van der Waals surface area contributed by atoms with E-state index in [1.807, 2.05) is 0 Å². The molecule has 7 nitrogen and oxygen atoms in total. The molecule has 0 fully saturated rings. The highest BCUT2D eigenvalue weighted by Gasteiger charge is 2.15. The van der Waals surface area contributed by atoms with Crippen molar-refractivity contribution in [3.05, 3.63) is 75.5 Å². The standard InChI is InChI=1S/C17H14FN3O4S2/c18-13-3-1-2-12(10-13)17-20-14(11-26-17)8-9-19-27(24,25)16-6-4-15(5-7-16)21(22)23/h1-7,10-11,19H,8-9H2. The van der Waals surface area contributed by atoms with Gasteiger partial charge >= 0.3 is 0 Å². The van der Waals surface area contributed by atoms with E-state index in [-0.39, 0.29) is 22.9 Å². The Morgan fingerprint density at radius 2 is 1.93 bits per heavy atom. The van der Waals surface area contributed by atoms with Crippen molar-refractivity contribution in [1.29, 1.82) is 0 Å². The fourth-order valence-corrected chi connectivity index (χ4v) is 4.20. The summed E-state index contributed by atoms with van der Waals surface area (Å²) in [6.45, 7) is 0.117. The molecule has 0 unspecified atom stereocenters. The molecule has 3 rings (SSSR count). The van der Waals surface area contributed by atoms with E-state index >= 15 is 0 Å². The SMILES string of the molecule is O=[N+]([O-])c1ccc(S(=O)(=O)NCCc2csc(-c3cccc(F)c3)n2)cc1. The Bertz CT molecular complexity index is 1070. The topological polar surface area (TPSA) is 102 Å². The Morgan fingerprint density at radius 1 is 1.19 bits per heavy atom. The maximum Gasteiger partial charge on any atom is 0.269 e. The van der Waals surface area contributed by atoms with Gasteiger partial charge in [0.25, 0.3) is 5.69 Å². The van der Waals surface area contributed by atoms with Crippen LogP contribution in [0.2, 0.25) is 0 Å². The summed E-state index contributed by atoms with van der Waals surface area (Å²) in [5.41, 5.74) is 1.17. The van der Waals surface area contributed by atoms with Crippen molar-refractivity contribution in [1.82, 2.24) is 9.71 Å². The van der Waals surface area contributed by atoms with Gasteiger partial charge in [-0.25, -0.2) is 22.5 Å². The molecule has 1 N–H and O–H groups in total. The minimum Gasteiger partial charge on any atom is -0.258 e. The second-order valence-corrected chi connectivity index (χ2v) is 8.18. The van der Waals surface area contributed by atoms with Crippen LogP contribution >= 0.6 is 11.3 Å². The zero-order valence-electron chi connectivity index (χ0n) is 13.8. The molecule has 0 aliphatic heterocycles. The summed E-state index contributed by atoms with van der Waals surface area (Å²) in [7, 11) is -3.77. The van der Waals surface area contributed by atoms with Gasteiger partial charge in [-0.15, -0.1) is 11.3 Å². The van der Waals surface area contributed by atoms with E-state index < -0.39 is 14.9 Å². The molecule has 10 heteroatoms. The monoisotopic (exact) mass is 407 g/mol. The number of halogens is 1. The van der Waals surface area contributed by atoms with Gasteiger partial charge in [0.05, 0.1) is 15.5 Å². The highest BCUT2D eigenvalue weighted by Crippen LogP contribution is 2.24. The Hall–Kier alpha value is -2.69. The molecule has 0 bridgehead atoms. The Morgan fingerprint density at radius 3 is 2.59 bits per heavy atom. The molecule has 27 heavy (non-hydrogen) atoms. The molecule has 140 valence electrons. The molecule has 3 aromatic rings. The molecular formula is C17H14FN3O4S2. The number of rotatable bonds is 7.